The van der Waals surface area contributed by atoms with Crippen molar-refractivity contribution in [3.63, 3.8) is 0 Å². The minimum atomic E-state index is 0.463. The number of rotatable bonds is 2. The fourth-order valence-electron chi connectivity index (χ4n) is 3.52. The second kappa shape index (κ2) is 6.42. The molecular weight excluding hydrogens is 300 g/mol. The minimum Gasteiger partial charge on any atom is -0.368 e. The van der Waals surface area contributed by atoms with Gasteiger partial charge >= 0.3 is 0 Å². The third kappa shape index (κ3) is 2.79. The molecule has 1 atom stereocenters. The predicted molar refractivity (Wildman–Crippen MR) is 101 cm³/mol. The van der Waals surface area contributed by atoms with E-state index >= 15 is 0 Å². The molecule has 1 unspecified atom stereocenters. The summed E-state index contributed by atoms with van der Waals surface area (Å²) in [7, 11) is 0. The summed E-state index contributed by atoms with van der Waals surface area (Å²) in [5.41, 5.74) is 4.14. The Balaban J connectivity index is 1.96. The molecule has 1 aromatic carbocycles. The van der Waals surface area contributed by atoms with Crippen molar-refractivity contribution < 1.29 is 0 Å². The number of benzene rings is 1. The summed E-state index contributed by atoms with van der Waals surface area (Å²) in [6.07, 6.45) is 13.7. The van der Waals surface area contributed by atoms with Gasteiger partial charge in [0.05, 0.1) is 5.70 Å². The van der Waals surface area contributed by atoms with Gasteiger partial charge in [-0.25, -0.2) is 0 Å². The molecule has 1 N–H and O–H groups in total. The Morgan fingerprint density at radius 3 is 2.78 bits per heavy atom. The maximum Gasteiger partial charge on any atom is 0.0523 e. The van der Waals surface area contributed by atoms with Crippen LogP contribution in [0.2, 0.25) is 0 Å². The summed E-state index contributed by atoms with van der Waals surface area (Å²) in [4.78, 5) is 2.56. The molecule has 4 rings (SSSR count). The third-order valence-electron chi connectivity index (χ3n) is 4.73. The highest BCUT2D eigenvalue weighted by Gasteiger charge is 2.23. The predicted octanol–water partition coefficient (Wildman–Crippen LogP) is 1.65. The summed E-state index contributed by atoms with van der Waals surface area (Å²) in [6.45, 7) is 4.26. The van der Waals surface area contributed by atoms with Crippen LogP contribution in [0.1, 0.15) is 0 Å². The van der Waals surface area contributed by atoms with E-state index in [4.69, 9.17) is 0 Å². The van der Waals surface area contributed by atoms with Crippen molar-refractivity contribution in [3.8, 4) is 0 Å². The van der Waals surface area contributed by atoms with Crippen LogP contribution >= 0.6 is 11.8 Å². The lowest BCUT2D eigenvalue weighted by atomic mass is 9.95. The molecule has 1 aromatic rings. The molecule has 118 valence electrons. The zero-order valence-electron chi connectivity index (χ0n) is 13.5. The second-order valence-electron chi connectivity index (χ2n) is 6.10. The Hall–Kier alpha value is -1.71. The lowest BCUT2D eigenvalue weighted by Crippen LogP contribution is -2.45. The summed E-state index contributed by atoms with van der Waals surface area (Å²) in [5.74, 6) is 0. The van der Waals surface area contributed by atoms with Crippen LogP contribution in [0.5, 0.6) is 0 Å². The molecule has 1 fully saturated rings. The van der Waals surface area contributed by atoms with Crippen molar-refractivity contribution in [1.29, 1.82) is 0 Å². The highest BCUT2D eigenvalue weighted by atomic mass is 32.2. The van der Waals surface area contributed by atoms with Gasteiger partial charge in [-0.1, -0.05) is 54.6 Å². The summed E-state index contributed by atoms with van der Waals surface area (Å²) in [6, 6.07) is 8.79. The van der Waals surface area contributed by atoms with E-state index in [1.54, 1.807) is 0 Å². The van der Waals surface area contributed by atoms with Gasteiger partial charge in [0.25, 0.3) is 0 Å². The summed E-state index contributed by atoms with van der Waals surface area (Å²) < 4.78 is 0. The molecule has 2 nitrogen and oxygen atoms in total. The van der Waals surface area contributed by atoms with E-state index in [1.165, 1.54) is 27.3 Å². The van der Waals surface area contributed by atoms with Gasteiger partial charge in [-0.3, -0.25) is 0 Å². The fourth-order valence-corrected chi connectivity index (χ4v) is 4.03. The van der Waals surface area contributed by atoms with Crippen LogP contribution in [0.3, 0.4) is 0 Å². The fraction of sp³-hybridized carbons (Fsp3) is 0.300. The van der Waals surface area contributed by atoms with Crippen LogP contribution < -0.4 is 15.8 Å². The molecule has 0 radical (unpaired) electrons. The first kappa shape index (κ1) is 14.9. The minimum absolute atomic E-state index is 0.463. The van der Waals surface area contributed by atoms with E-state index < -0.39 is 0 Å². The topological polar surface area (TPSA) is 15.3 Å². The number of hydrogen-bond acceptors (Lipinski definition) is 3. The Labute approximate surface area is 142 Å². The molecule has 0 bridgehead atoms. The number of thioether (sulfide) groups is 1. The van der Waals surface area contributed by atoms with E-state index in [2.05, 4.69) is 71.1 Å². The van der Waals surface area contributed by atoms with Crippen molar-refractivity contribution in [1.82, 2.24) is 10.2 Å². The first-order chi connectivity index (χ1) is 11.4. The van der Waals surface area contributed by atoms with Gasteiger partial charge < -0.3 is 10.2 Å². The first-order valence-corrected chi connectivity index (χ1v) is 9.56. The van der Waals surface area contributed by atoms with Crippen LogP contribution in [-0.4, -0.2) is 42.6 Å². The molecule has 23 heavy (non-hydrogen) atoms. The van der Waals surface area contributed by atoms with Crippen LogP contribution in [0.15, 0.2) is 59.7 Å². The molecule has 1 heterocycles. The lowest BCUT2D eigenvalue weighted by molar-refractivity contribution is 0.339. The highest BCUT2D eigenvalue weighted by molar-refractivity contribution is 7.99. The number of nitrogens with one attached hydrogen (secondary N) is 1. The van der Waals surface area contributed by atoms with E-state index in [9.17, 15) is 0 Å². The largest absolute Gasteiger partial charge is 0.368 e. The maximum atomic E-state index is 3.47. The third-order valence-corrected chi connectivity index (χ3v) is 5.56. The number of piperazine rings is 1. The second-order valence-corrected chi connectivity index (χ2v) is 7.12. The summed E-state index contributed by atoms with van der Waals surface area (Å²) >= 11 is 1.89. The number of fused-ring (bicyclic) bond motifs is 2. The number of hydrogen-bond donors (Lipinski definition) is 1. The van der Waals surface area contributed by atoms with Gasteiger partial charge in [0.15, 0.2) is 0 Å². The molecule has 1 saturated heterocycles. The lowest BCUT2D eigenvalue weighted by Gasteiger charge is -2.34. The Morgan fingerprint density at radius 2 is 1.96 bits per heavy atom. The standard InChI is InChI=1S/C20H22N2S/c1-23-17-9-8-16-7-6-15-4-2-3-5-18(15)20(19(16)14-17)22-12-10-21-11-13-22/h2-9,14,17,21H,10-13H2,1H3. The highest BCUT2D eigenvalue weighted by Crippen LogP contribution is 2.31. The molecular formula is C20H22N2S. The monoisotopic (exact) mass is 322 g/mol. The smallest absolute Gasteiger partial charge is 0.0523 e. The average molecular weight is 322 g/mol. The van der Waals surface area contributed by atoms with Gasteiger partial charge in [0, 0.05) is 42.2 Å². The van der Waals surface area contributed by atoms with E-state index in [0.717, 1.165) is 26.2 Å². The van der Waals surface area contributed by atoms with Crippen molar-refractivity contribution in [2.75, 3.05) is 32.4 Å². The first-order valence-electron chi connectivity index (χ1n) is 8.27. The number of nitrogens with zero attached hydrogens (tertiary/aromatic N) is 1. The molecule has 3 heteroatoms. The van der Waals surface area contributed by atoms with Crippen molar-refractivity contribution in [2.24, 2.45) is 0 Å². The normalized spacial score (nSPS) is 23.3. The average Bonchev–Trinajstić information content (AvgIpc) is 2.78. The van der Waals surface area contributed by atoms with Crippen LogP contribution in [0, 0.1) is 0 Å². The Morgan fingerprint density at radius 1 is 1.13 bits per heavy atom. The van der Waals surface area contributed by atoms with Crippen LogP contribution in [0.25, 0.3) is 11.8 Å². The molecule has 0 aromatic heterocycles. The zero-order chi connectivity index (χ0) is 15.6. The van der Waals surface area contributed by atoms with Gasteiger partial charge in [-0.15, -0.1) is 0 Å². The SMILES string of the molecule is CSC1C=CC2=CC=c3ccccc3=C(N3CCNCC3)C2=C1. The van der Waals surface area contributed by atoms with Crippen molar-refractivity contribution >= 4 is 23.5 Å². The van der Waals surface area contributed by atoms with Gasteiger partial charge in [0.1, 0.15) is 0 Å². The Bertz CT molecular complexity index is 810. The molecule has 2 aliphatic carbocycles. The molecule has 0 spiro atoms. The van der Waals surface area contributed by atoms with Crippen molar-refractivity contribution in [2.45, 2.75) is 5.25 Å². The molecule has 3 aliphatic rings. The summed E-state index contributed by atoms with van der Waals surface area (Å²) in [5, 5.41) is 6.61. The van der Waals surface area contributed by atoms with Crippen molar-refractivity contribution in [3.05, 3.63) is 70.2 Å². The zero-order valence-corrected chi connectivity index (χ0v) is 14.3. The van der Waals surface area contributed by atoms with E-state index in [-0.39, 0.29) is 0 Å². The molecule has 0 amide bonds. The Kier molecular flexibility index (Phi) is 4.15. The van der Waals surface area contributed by atoms with E-state index in [1.807, 2.05) is 11.8 Å². The quantitative estimate of drug-likeness (QED) is 0.891. The van der Waals surface area contributed by atoms with Gasteiger partial charge in [-0.2, -0.15) is 11.8 Å². The maximum absolute atomic E-state index is 3.47. The number of allylic oxidation sites excluding steroid dienone is 2. The van der Waals surface area contributed by atoms with Gasteiger partial charge in [0.2, 0.25) is 0 Å². The molecule has 0 saturated carbocycles. The van der Waals surface area contributed by atoms with Gasteiger partial charge in [-0.05, 0) is 17.0 Å². The van der Waals surface area contributed by atoms with Crippen LogP contribution in [-0.2, 0) is 0 Å². The van der Waals surface area contributed by atoms with E-state index in [0.29, 0.717) is 5.25 Å². The van der Waals surface area contributed by atoms with Crippen LogP contribution in [0.4, 0.5) is 0 Å². The molecule has 1 aliphatic heterocycles.